The zero-order valence-electron chi connectivity index (χ0n) is 26.8. The molecular formula is C38H60F2O2. The highest BCUT2D eigenvalue weighted by Gasteiger charge is 2.14. The molecule has 42 heavy (non-hydrogen) atoms. The summed E-state index contributed by atoms with van der Waals surface area (Å²) in [4.78, 5) is 0. The SMILES string of the molecule is C.C.CC(C)(C)Cc1cccc(F)c1.CC(C)(C)Cc1ccccc1F.COc1ccc(CCC(C)(C)C)cc1OC. The van der Waals surface area contributed by atoms with Gasteiger partial charge >= 0.3 is 0 Å². The first-order chi connectivity index (χ1) is 18.4. The predicted molar refractivity (Wildman–Crippen MR) is 180 cm³/mol. The van der Waals surface area contributed by atoms with Crippen molar-refractivity contribution < 1.29 is 18.3 Å². The molecule has 0 aromatic heterocycles. The minimum Gasteiger partial charge on any atom is -0.493 e. The van der Waals surface area contributed by atoms with Crippen LogP contribution in [0, 0.1) is 27.9 Å². The van der Waals surface area contributed by atoms with Gasteiger partial charge in [0.2, 0.25) is 0 Å². The average Bonchev–Trinajstić information content (AvgIpc) is 2.82. The molecule has 0 bridgehead atoms. The normalized spacial score (nSPS) is 11.0. The summed E-state index contributed by atoms with van der Waals surface area (Å²) in [5, 5.41) is 0. The van der Waals surface area contributed by atoms with Gasteiger partial charge in [-0.2, -0.15) is 0 Å². The molecule has 3 aromatic rings. The highest BCUT2D eigenvalue weighted by molar-refractivity contribution is 5.42. The van der Waals surface area contributed by atoms with Gasteiger partial charge in [-0.15, -0.1) is 0 Å². The van der Waals surface area contributed by atoms with E-state index in [0.717, 1.165) is 41.9 Å². The highest BCUT2D eigenvalue weighted by Crippen LogP contribution is 2.29. The number of hydrogen-bond acceptors (Lipinski definition) is 2. The molecule has 0 aliphatic heterocycles. The molecule has 3 rings (SSSR count). The second-order valence-corrected chi connectivity index (χ2v) is 13.9. The molecule has 0 saturated heterocycles. The summed E-state index contributed by atoms with van der Waals surface area (Å²) in [6.45, 7) is 19.6. The average molecular weight is 587 g/mol. The molecule has 4 heteroatoms. The lowest BCUT2D eigenvalue weighted by Gasteiger charge is -2.18. The maximum atomic E-state index is 13.1. The summed E-state index contributed by atoms with van der Waals surface area (Å²) < 4.78 is 36.4. The Hall–Kier alpha value is -2.88. The largest absolute Gasteiger partial charge is 0.493 e. The van der Waals surface area contributed by atoms with Crippen molar-refractivity contribution in [3.63, 3.8) is 0 Å². The summed E-state index contributed by atoms with van der Waals surface area (Å²) in [6, 6.07) is 19.9. The second-order valence-electron chi connectivity index (χ2n) is 13.9. The van der Waals surface area contributed by atoms with Crippen LogP contribution in [0.4, 0.5) is 8.78 Å². The molecule has 0 heterocycles. The van der Waals surface area contributed by atoms with Crippen LogP contribution in [0.25, 0.3) is 0 Å². The van der Waals surface area contributed by atoms with E-state index in [4.69, 9.17) is 9.47 Å². The summed E-state index contributed by atoms with van der Waals surface area (Å²) in [5.41, 5.74) is 3.93. The zero-order chi connectivity index (χ0) is 30.6. The number of benzene rings is 3. The first-order valence-electron chi connectivity index (χ1n) is 14.1. The van der Waals surface area contributed by atoms with Crippen LogP contribution in [0.5, 0.6) is 11.5 Å². The number of aryl methyl sites for hydroxylation is 1. The predicted octanol–water partition coefficient (Wildman–Crippen LogP) is 11.8. The number of hydrogen-bond donors (Lipinski definition) is 0. The zero-order valence-corrected chi connectivity index (χ0v) is 26.8. The number of methoxy groups -OCH3 is 2. The first-order valence-corrected chi connectivity index (χ1v) is 14.1. The smallest absolute Gasteiger partial charge is 0.160 e. The van der Waals surface area contributed by atoms with E-state index < -0.39 is 0 Å². The van der Waals surface area contributed by atoms with E-state index in [2.05, 4.69) is 74.4 Å². The fraction of sp³-hybridized carbons (Fsp3) is 0.526. The van der Waals surface area contributed by atoms with Gasteiger partial charge in [0.15, 0.2) is 11.5 Å². The Morgan fingerprint density at radius 3 is 1.62 bits per heavy atom. The molecule has 0 spiro atoms. The van der Waals surface area contributed by atoms with E-state index in [9.17, 15) is 8.78 Å². The third kappa shape index (κ3) is 18.5. The Morgan fingerprint density at radius 2 is 1.14 bits per heavy atom. The lowest BCUT2D eigenvalue weighted by molar-refractivity contribution is 0.353. The molecule has 0 amide bonds. The van der Waals surface area contributed by atoms with Crippen LogP contribution in [-0.4, -0.2) is 14.2 Å². The van der Waals surface area contributed by atoms with Crippen molar-refractivity contribution in [2.24, 2.45) is 16.2 Å². The van der Waals surface area contributed by atoms with E-state index in [1.54, 1.807) is 32.4 Å². The first kappa shape index (κ1) is 41.3. The fourth-order valence-electron chi connectivity index (χ4n) is 4.03. The van der Waals surface area contributed by atoms with Gasteiger partial charge in [0.05, 0.1) is 14.2 Å². The molecule has 0 radical (unpaired) electrons. The second kappa shape index (κ2) is 18.6. The summed E-state index contributed by atoms with van der Waals surface area (Å²) in [5.74, 6) is 1.38. The maximum absolute atomic E-state index is 13.1. The molecule has 0 fully saturated rings. The van der Waals surface area contributed by atoms with Crippen LogP contribution in [0.1, 0.15) is 100 Å². The van der Waals surface area contributed by atoms with Crippen LogP contribution in [0.2, 0.25) is 0 Å². The number of halogens is 2. The van der Waals surface area contributed by atoms with Gasteiger partial charge < -0.3 is 9.47 Å². The van der Waals surface area contributed by atoms with Crippen molar-refractivity contribution in [1.29, 1.82) is 0 Å². The third-order valence-corrected chi connectivity index (χ3v) is 5.91. The molecular weight excluding hydrogens is 526 g/mol. The van der Waals surface area contributed by atoms with Crippen molar-refractivity contribution in [2.75, 3.05) is 14.2 Å². The van der Waals surface area contributed by atoms with Gasteiger partial charge in [-0.25, -0.2) is 8.78 Å². The number of ether oxygens (including phenoxy) is 2. The molecule has 238 valence electrons. The molecule has 0 unspecified atom stereocenters. The van der Waals surface area contributed by atoms with Gasteiger partial charge in [-0.05, 0) is 89.0 Å². The molecule has 0 aliphatic rings. The van der Waals surface area contributed by atoms with Crippen molar-refractivity contribution in [2.45, 2.75) is 103 Å². The molecule has 0 N–H and O–H groups in total. The molecule has 2 nitrogen and oxygen atoms in total. The minimum atomic E-state index is -0.142. The van der Waals surface area contributed by atoms with E-state index in [1.165, 1.54) is 24.1 Å². The number of rotatable bonds is 6. The van der Waals surface area contributed by atoms with Gasteiger partial charge in [-0.1, -0.05) is 114 Å². The van der Waals surface area contributed by atoms with Crippen LogP contribution in [0.3, 0.4) is 0 Å². The van der Waals surface area contributed by atoms with Gasteiger partial charge in [0.25, 0.3) is 0 Å². The minimum absolute atomic E-state index is 0. The Morgan fingerprint density at radius 1 is 0.571 bits per heavy atom. The molecule has 3 aromatic carbocycles. The Bertz CT molecular complexity index is 1150. The van der Waals surface area contributed by atoms with Crippen LogP contribution in [-0.2, 0) is 19.3 Å². The van der Waals surface area contributed by atoms with E-state index in [1.807, 2.05) is 24.3 Å². The lowest BCUT2D eigenvalue weighted by Crippen LogP contribution is -2.10. The van der Waals surface area contributed by atoms with Crippen LogP contribution in [0.15, 0.2) is 66.7 Å². The fourth-order valence-corrected chi connectivity index (χ4v) is 4.03. The third-order valence-electron chi connectivity index (χ3n) is 5.91. The Kier molecular flexibility index (Phi) is 18.3. The van der Waals surface area contributed by atoms with Crippen molar-refractivity contribution in [3.8, 4) is 11.5 Å². The van der Waals surface area contributed by atoms with Gasteiger partial charge in [0.1, 0.15) is 11.6 Å². The van der Waals surface area contributed by atoms with Crippen molar-refractivity contribution in [3.05, 3.63) is 95.1 Å². The van der Waals surface area contributed by atoms with Gasteiger partial charge in [0, 0.05) is 0 Å². The van der Waals surface area contributed by atoms with Crippen molar-refractivity contribution >= 4 is 0 Å². The quantitative estimate of drug-likeness (QED) is 0.286. The highest BCUT2D eigenvalue weighted by atomic mass is 19.1. The summed E-state index contributed by atoms with van der Waals surface area (Å²) in [6.07, 6.45) is 3.96. The van der Waals surface area contributed by atoms with Crippen LogP contribution >= 0.6 is 0 Å². The van der Waals surface area contributed by atoms with Crippen molar-refractivity contribution in [1.82, 2.24) is 0 Å². The molecule has 0 saturated carbocycles. The van der Waals surface area contributed by atoms with E-state index in [-0.39, 0.29) is 37.3 Å². The maximum Gasteiger partial charge on any atom is 0.160 e. The Balaban J connectivity index is 0. The summed E-state index contributed by atoms with van der Waals surface area (Å²) in [7, 11) is 3.33. The Labute approximate surface area is 257 Å². The molecule has 0 atom stereocenters. The van der Waals surface area contributed by atoms with Gasteiger partial charge in [-0.3, -0.25) is 0 Å². The standard InChI is InChI=1S/C14H22O2.2C11H15F.2CH4/c1-14(2,3)9-8-11-6-7-12(15-4)13(10-11)16-5;1-11(2,3)8-9-5-4-6-10(12)7-9;1-11(2,3)8-9-6-4-5-7-10(9)12;;/h6-7,10H,8-9H2,1-5H3;2*4-7H,8H2,1-3H3;2*1H4. The topological polar surface area (TPSA) is 18.5 Å². The molecule has 0 aliphatic carbocycles. The lowest BCUT2D eigenvalue weighted by atomic mass is 9.88. The van der Waals surface area contributed by atoms with Crippen LogP contribution < -0.4 is 9.47 Å². The monoisotopic (exact) mass is 586 g/mol. The van der Waals surface area contributed by atoms with E-state index >= 15 is 0 Å². The summed E-state index contributed by atoms with van der Waals surface area (Å²) >= 11 is 0. The van der Waals surface area contributed by atoms with E-state index in [0.29, 0.717) is 5.41 Å².